The molecule has 0 aliphatic rings. The highest BCUT2D eigenvalue weighted by molar-refractivity contribution is 6.02. The van der Waals surface area contributed by atoms with Gasteiger partial charge in [-0.1, -0.05) is 84.9 Å². The van der Waals surface area contributed by atoms with Gasteiger partial charge < -0.3 is 0 Å². The van der Waals surface area contributed by atoms with Crippen LogP contribution in [0.25, 0.3) is 11.1 Å². The molecule has 8 nitrogen and oxygen atoms in total. The first-order valence-electron chi connectivity index (χ1n) is 10.5. The van der Waals surface area contributed by atoms with Crippen molar-refractivity contribution in [2.75, 3.05) is 5.43 Å². The molecule has 0 bridgehead atoms. The Morgan fingerprint density at radius 2 is 1.35 bits per heavy atom. The van der Waals surface area contributed by atoms with Crippen LogP contribution in [0.1, 0.15) is 11.1 Å². The molecule has 0 heterocycles. The van der Waals surface area contributed by atoms with Crippen molar-refractivity contribution in [3.8, 4) is 11.1 Å². The Kier molecular flexibility index (Phi) is 6.69. The molecule has 0 aliphatic carbocycles. The molecular weight excluding hydrogens is 432 g/mol. The van der Waals surface area contributed by atoms with E-state index in [0.717, 1.165) is 28.3 Å². The Morgan fingerprint density at radius 3 is 1.97 bits per heavy atom. The minimum atomic E-state index is -0.671. The fraction of sp³-hybridized carbons (Fsp3) is 0.0385. The van der Waals surface area contributed by atoms with Crippen LogP contribution in [0.3, 0.4) is 0 Å². The number of anilines is 1. The second-order valence-corrected chi connectivity index (χ2v) is 7.49. The summed E-state index contributed by atoms with van der Waals surface area (Å²) in [7, 11) is 0. The SMILES string of the molecule is O=[N+]([O-])c1ccc(N/N=C(/Cc2ccccc2)c2ccc(-c3ccccc3)cc2)c([N+](=O)[O-])c1. The average molecular weight is 452 g/mol. The van der Waals surface area contributed by atoms with Crippen molar-refractivity contribution in [2.24, 2.45) is 5.10 Å². The zero-order valence-corrected chi connectivity index (χ0v) is 18.0. The molecule has 4 rings (SSSR count). The molecule has 0 aliphatic heterocycles. The van der Waals surface area contributed by atoms with Gasteiger partial charge in [0, 0.05) is 12.5 Å². The van der Waals surface area contributed by atoms with Crippen molar-refractivity contribution in [1.29, 1.82) is 0 Å². The van der Waals surface area contributed by atoms with Gasteiger partial charge in [-0.15, -0.1) is 0 Å². The summed E-state index contributed by atoms with van der Waals surface area (Å²) >= 11 is 0. The predicted octanol–water partition coefficient (Wildman–Crippen LogP) is 6.23. The lowest BCUT2D eigenvalue weighted by Gasteiger charge is -2.10. The van der Waals surface area contributed by atoms with Crippen LogP contribution in [0.4, 0.5) is 17.1 Å². The fourth-order valence-electron chi connectivity index (χ4n) is 3.49. The summed E-state index contributed by atoms with van der Waals surface area (Å²) in [5.74, 6) is 0. The van der Waals surface area contributed by atoms with Gasteiger partial charge in [-0.3, -0.25) is 25.7 Å². The Morgan fingerprint density at radius 1 is 0.735 bits per heavy atom. The topological polar surface area (TPSA) is 111 Å². The summed E-state index contributed by atoms with van der Waals surface area (Å²) in [6.45, 7) is 0. The van der Waals surface area contributed by atoms with Crippen LogP contribution < -0.4 is 5.43 Å². The van der Waals surface area contributed by atoms with Crippen LogP contribution >= 0.6 is 0 Å². The maximum absolute atomic E-state index is 11.5. The van der Waals surface area contributed by atoms with Crippen molar-refractivity contribution < 1.29 is 9.85 Å². The van der Waals surface area contributed by atoms with Gasteiger partial charge in [0.1, 0.15) is 5.69 Å². The van der Waals surface area contributed by atoms with Gasteiger partial charge in [-0.25, -0.2) is 0 Å². The number of nitro benzene ring substituents is 2. The first-order valence-corrected chi connectivity index (χ1v) is 10.5. The standard InChI is InChI=1S/C26H20N4O4/c31-29(32)23-15-16-24(26(18-23)30(33)34)27-28-25(17-19-7-3-1-4-8-19)22-13-11-21(12-14-22)20-9-5-2-6-10-20/h1-16,18,27H,17H2/b28-25-. The monoisotopic (exact) mass is 452 g/mol. The molecule has 0 fully saturated rings. The normalized spacial score (nSPS) is 11.1. The molecule has 0 amide bonds. The van der Waals surface area contributed by atoms with E-state index in [2.05, 4.69) is 10.5 Å². The van der Waals surface area contributed by atoms with E-state index in [1.807, 2.05) is 84.9 Å². The number of hydrogen-bond donors (Lipinski definition) is 1. The summed E-state index contributed by atoms with van der Waals surface area (Å²) in [6, 6.07) is 31.0. The van der Waals surface area contributed by atoms with E-state index >= 15 is 0 Å². The maximum atomic E-state index is 11.5. The van der Waals surface area contributed by atoms with Crippen molar-refractivity contribution in [3.63, 3.8) is 0 Å². The van der Waals surface area contributed by atoms with Crippen LogP contribution in [0.2, 0.25) is 0 Å². The Bertz CT molecular complexity index is 1340. The van der Waals surface area contributed by atoms with Crippen LogP contribution in [0, 0.1) is 20.2 Å². The van der Waals surface area contributed by atoms with Gasteiger partial charge in [0.05, 0.1) is 21.6 Å². The van der Waals surface area contributed by atoms with Crippen molar-refractivity contribution >= 4 is 22.8 Å². The Balaban J connectivity index is 1.68. The van der Waals surface area contributed by atoms with Crippen LogP contribution in [-0.4, -0.2) is 15.6 Å². The number of nitrogens with one attached hydrogen (secondary N) is 1. The fourth-order valence-corrected chi connectivity index (χ4v) is 3.49. The summed E-state index contributed by atoms with van der Waals surface area (Å²) in [4.78, 5) is 21.1. The number of nitro groups is 2. The highest BCUT2D eigenvalue weighted by atomic mass is 16.6. The molecular formula is C26H20N4O4. The summed E-state index contributed by atoms with van der Waals surface area (Å²) in [6.07, 6.45) is 0.485. The van der Waals surface area contributed by atoms with E-state index in [4.69, 9.17) is 0 Å². The number of hydrazone groups is 1. The van der Waals surface area contributed by atoms with E-state index < -0.39 is 15.5 Å². The molecule has 0 spiro atoms. The van der Waals surface area contributed by atoms with E-state index in [1.165, 1.54) is 12.1 Å². The zero-order valence-electron chi connectivity index (χ0n) is 18.0. The number of benzene rings is 4. The van der Waals surface area contributed by atoms with Crippen LogP contribution in [0.5, 0.6) is 0 Å². The number of rotatable bonds is 8. The lowest BCUT2D eigenvalue weighted by Crippen LogP contribution is -2.09. The molecule has 8 heteroatoms. The number of non-ortho nitro benzene ring substituents is 1. The maximum Gasteiger partial charge on any atom is 0.301 e. The molecule has 0 aromatic heterocycles. The largest absolute Gasteiger partial charge is 0.301 e. The summed E-state index contributed by atoms with van der Waals surface area (Å²) < 4.78 is 0. The molecule has 0 atom stereocenters. The summed E-state index contributed by atoms with van der Waals surface area (Å²) in [5, 5.41) is 26.9. The van der Waals surface area contributed by atoms with Crippen molar-refractivity contribution in [3.05, 3.63) is 134 Å². The third-order valence-corrected chi connectivity index (χ3v) is 5.24. The third kappa shape index (κ3) is 5.31. The van der Waals surface area contributed by atoms with Gasteiger partial charge in [-0.2, -0.15) is 5.10 Å². The van der Waals surface area contributed by atoms with Gasteiger partial charge in [0.25, 0.3) is 5.69 Å². The summed E-state index contributed by atoms with van der Waals surface area (Å²) in [5.41, 5.74) is 6.73. The lowest BCUT2D eigenvalue weighted by atomic mass is 9.99. The minimum absolute atomic E-state index is 0.0714. The van der Waals surface area contributed by atoms with Gasteiger partial charge >= 0.3 is 5.69 Å². The number of hydrogen-bond acceptors (Lipinski definition) is 6. The van der Waals surface area contributed by atoms with E-state index in [9.17, 15) is 20.2 Å². The molecule has 4 aromatic carbocycles. The van der Waals surface area contributed by atoms with Crippen LogP contribution in [-0.2, 0) is 6.42 Å². The molecule has 0 radical (unpaired) electrons. The Labute approximate surface area is 195 Å². The van der Waals surface area contributed by atoms with Crippen LogP contribution in [0.15, 0.2) is 108 Å². The molecule has 1 N–H and O–H groups in total. The molecule has 0 saturated heterocycles. The van der Waals surface area contributed by atoms with Gasteiger partial charge in [0.15, 0.2) is 0 Å². The van der Waals surface area contributed by atoms with E-state index in [0.29, 0.717) is 12.1 Å². The molecule has 0 unspecified atom stereocenters. The Hall–Kier alpha value is -4.85. The third-order valence-electron chi connectivity index (χ3n) is 5.24. The minimum Gasteiger partial charge on any atom is -0.271 e. The van der Waals surface area contributed by atoms with Crippen molar-refractivity contribution in [2.45, 2.75) is 6.42 Å². The molecule has 4 aromatic rings. The predicted molar refractivity (Wildman–Crippen MR) is 132 cm³/mol. The first kappa shape index (κ1) is 22.3. The molecule has 34 heavy (non-hydrogen) atoms. The van der Waals surface area contributed by atoms with Crippen molar-refractivity contribution in [1.82, 2.24) is 0 Å². The lowest BCUT2D eigenvalue weighted by molar-refractivity contribution is -0.393. The second-order valence-electron chi connectivity index (χ2n) is 7.49. The molecule has 168 valence electrons. The smallest absolute Gasteiger partial charge is 0.271 e. The quantitative estimate of drug-likeness (QED) is 0.194. The highest BCUT2D eigenvalue weighted by Gasteiger charge is 2.19. The number of nitrogens with zero attached hydrogens (tertiary/aromatic N) is 3. The van der Waals surface area contributed by atoms with E-state index in [1.54, 1.807) is 0 Å². The van der Waals surface area contributed by atoms with Gasteiger partial charge in [0.2, 0.25) is 0 Å². The second kappa shape index (κ2) is 10.2. The average Bonchev–Trinajstić information content (AvgIpc) is 2.87. The highest BCUT2D eigenvalue weighted by Crippen LogP contribution is 2.29. The first-order chi connectivity index (χ1) is 16.5. The van der Waals surface area contributed by atoms with E-state index in [-0.39, 0.29) is 11.4 Å². The van der Waals surface area contributed by atoms with Gasteiger partial charge in [-0.05, 0) is 28.3 Å². The zero-order chi connectivity index (χ0) is 23.9. The molecule has 0 saturated carbocycles.